The predicted octanol–water partition coefficient (Wildman–Crippen LogP) is 2.79. The van der Waals surface area contributed by atoms with Crippen molar-refractivity contribution in [2.45, 2.75) is 63.6 Å². The van der Waals surface area contributed by atoms with E-state index in [2.05, 4.69) is 13.8 Å². The van der Waals surface area contributed by atoms with Crippen molar-refractivity contribution in [1.82, 2.24) is 0 Å². The molecule has 2 unspecified atom stereocenters. The zero-order valence-corrected chi connectivity index (χ0v) is 9.20. The van der Waals surface area contributed by atoms with Gasteiger partial charge < -0.3 is 5.73 Å². The standard InChI is InChI=1S/C12H20FN/c1-9-3-10(2)5-11(13,4-9)8-12(14,6-9)7-10/h3-8,14H2,1-2H3. The van der Waals surface area contributed by atoms with Gasteiger partial charge in [0.05, 0.1) is 0 Å². The van der Waals surface area contributed by atoms with Crippen molar-refractivity contribution in [3.8, 4) is 0 Å². The molecule has 4 rings (SSSR count). The Morgan fingerprint density at radius 1 is 0.857 bits per heavy atom. The summed E-state index contributed by atoms with van der Waals surface area (Å²) in [5.41, 5.74) is 5.59. The average molecular weight is 197 g/mol. The van der Waals surface area contributed by atoms with Crippen LogP contribution in [0.1, 0.15) is 52.4 Å². The SMILES string of the molecule is CC12CC3(C)CC(N)(C1)CC(F)(C2)C3. The number of hydrogen-bond acceptors (Lipinski definition) is 1. The summed E-state index contributed by atoms with van der Waals surface area (Å²) in [6.07, 6.45) is 5.40. The zero-order chi connectivity index (χ0) is 10.2. The van der Waals surface area contributed by atoms with E-state index in [-0.39, 0.29) is 16.4 Å². The highest BCUT2D eigenvalue weighted by Gasteiger charge is 2.65. The normalized spacial score (nSPS) is 66.0. The van der Waals surface area contributed by atoms with Crippen molar-refractivity contribution >= 4 is 0 Å². The molecular weight excluding hydrogens is 177 g/mol. The molecule has 2 heteroatoms. The Labute approximate surface area is 85.2 Å². The predicted molar refractivity (Wildman–Crippen MR) is 54.7 cm³/mol. The second kappa shape index (κ2) is 2.04. The van der Waals surface area contributed by atoms with Crippen LogP contribution >= 0.6 is 0 Å². The highest BCUT2D eigenvalue weighted by Crippen LogP contribution is 2.67. The van der Waals surface area contributed by atoms with E-state index in [1.54, 1.807) is 0 Å². The van der Waals surface area contributed by atoms with Crippen LogP contribution in [0.4, 0.5) is 4.39 Å². The van der Waals surface area contributed by atoms with Crippen molar-refractivity contribution in [2.75, 3.05) is 0 Å². The lowest BCUT2D eigenvalue weighted by Gasteiger charge is -2.66. The van der Waals surface area contributed by atoms with Crippen LogP contribution in [0.3, 0.4) is 0 Å². The minimum absolute atomic E-state index is 0.188. The van der Waals surface area contributed by atoms with Crippen LogP contribution in [0.25, 0.3) is 0 Å². The first-order valence-corrected chi connectivity index (χ1v) is 5.72. The van der Waals surface area contributed by atoms with Crippen LogP contribution in [0.5, 0.6) is 0 Å². The number of nitrogens with two attached hydrogens (primary N) is 1. The smallest absolute Gasteiger partial charge is 0.113 e. The van der Waals surface area contributed by atoms with E-state index in [4.69, 9.17) is 5.73 Å². The third-order valence-corrected chi connectivity index (χ3v) is 4.57. The van der Waals surface area contributed by atoms with Crippen LogP contribution in [-0.4, -0.2) is 11.2 Å². The second-order valence-electron chi connectivity index (χ2n) is 7.20. The van der Waals surface area contributed by atoms with E-state index < -0.39 is 5.67 Å². The Bertz CT molecular complexity index is 203. The van der Waals surface area contributed by atoms with E-state index in [9.17, 15) is 4.39 Å². The summed E-state index contributed by atoms with van der Waals surface area (Å²) in [6.45, 7) is 4.47. The van der Waals surface area contributed by atoms with Crippen LogP contribution in [0.15, 0.2) is 0 Å². The quantitative estimate of drug-likeness (QED) is 0.635. The van der Waals surface area contributed by atoms with Crippen molar-refractivity contribution in [3.63, 3.8) is 0 Å². The fourth-order valence-electron chi connectivity index (χ4n) is 5.64. The van der Waals surface area contributed by atoms with Crippen molar-refractivity contribution in [3.05, 3.63) is 0 Å². The molecule has 0 amide bonds. The minimum Gasteiger partial charge on any atom is -0.325 e. The molecule has 0 aromatic carbocycles. The molecule has 0 heterocycles. The van der Waals surface area contributed by atoms with Crippen LogP contribution < -0.4 is 5.73 Å². The van der Waals surface area contributed by atoms with Gasteiger partial charge in [0, 0.05) is 5.54 Å². The average Bonchev–Trinajstić information content (AvgIpc) is 1.67. The minimum atomic E-state index is -0.938. The molecule has 2 N–H and O–H groups in total. The number of halogens is 1. The van der Waals surface area contributed by atoms with Gasteiger partial charge in [0.25, 0.3) is 0 Å². The van der Waals surface area contributed by atoms with Gasteiger partial charge in [-0.25, -0.2) is 4.39 Å². The lowest BCUT2D eigenvalue weighted by molar-refractivity contribution is -0.163. The zero-order valence-electron chi connectivity index (χ0n) is 9.20. The van der Waals surface area contributed by atoms with Gasteiger partial charge in [-0.2, -0.15) is 0 Å². The first-order chi connectivity index (χ1) is 6.24. The highest BCUT2D eigenvalue weighted by molar-refractivity contribution is 5.18. The number of hydrogen-bond donors (Lipinski definition) is 1. The maximum atomic E-state index is 14.5. The first kappa shape index (κ1) is 9.14. The van der Waals surface area contributed by atoms with Gasteiger partial charge in [-0.05, 0) is 49.4 Å². The summed E-state index contributed by atoms with van der Waals surface area (Å²) >= 11 is 0. The van der Waals surface area contributed by atoms with Gasteiger partial charge in [0.15, 0.2) is 0 Å². The third-order valence-electron chi connectivity index (χ3n) is 4.57. The Kier molecular flexibility index (Phi) is 1.33. The second-order valence-corrected chi connectivity index (χ2v) is 7.20. The summed E-state index contributed by atoms with van der Waals surface area (Å²) in [5, 5.41) is 0. The van der Waals surface area contributed by atoms with Crippen molar-refractivity contribution < 1.29 is 4.39 Å². The van der Waals surface area contributed by atoms with E-state index in [1.165, 1.54) is 6.42 Å². The molecule has 14 heavy (non-hydrogen) atoms. The lowest BCUT2D eigenvalue weighted by atomic mass is 9.42. The molecular formula is C12H20FN. The maximum absolute atomic E-state index is 14.5. The van der Waals surface area contributed by atoms with Gasteiger partial charge in [-0.15, -0.1) is 0 Å². The van der Waals surface area contributed by atoms with E-state index in [0.717, 1.165) is 25.7 Å². The fourth-order valence-corrected chi connectivity index (χ4v) is 5.64. The molecule has 0 aromatic heterocycles. The summed E-state index contributed by atoms with van der Waals surface area (Å²) in [5.74, 6) is 0. The van der Waals surface area contributed by atoms with Gasteiger partial charge >= 0.3 is 0 Å². The largest absolute Gasteiger partial charge is 0.325 e. The molecule has 0 saturated heterocycles. The molecule has 4 aliphatic rings. The number of rotatable bonds is 0. The van der Waals surface area contributed by atoms with Gasteiger partial charge in [-0.3, -0.25) is 0 Å². The van der Waals surface area contributed by atoms with Gasteiger partial charge in [0.1, 0.15) is 5.67 Å². The first-order valence-electron chi connectivity index (χ1n) is 5.72. The lowest BCUT2D eigenvalue weighted by Crippen LogP contribution is -2.67. The summed E-state index contributed by atoms with van der Waals surface area (Å²) in [4.78, 5) is 0. The van der Waals surface area contributed by atoms with Crippen molar-refractivity contribution in [2.24, 2.45) is 16.6 Å². The Morgan fingerprint density at radius 2 is 1.36 bits per heavy atom. The molecule has 0 spiro atoms. The molecule has 4 aliphatic carbocycles. The van der Waals surface area contributed by atoms with Crippen LogP contribution in [0.2, 0.25) is 0 Å². The molecule has 80 valence electrons. The number of alkyl halides is 1. The maximum Gasteiger partial charge on any atom is 0.113 e. The van der Waals surface area contributed by atoms with Gasteiger partial charge in [-0.1, -0.05) is 13.8 Å². The van der Waals surface area contributed by atoms with E-state index in [0.29, 0.717) is 6.42 Å². The third kappa shape index (κ3) is 1.09. The molecule has 2 atom stereocenters. The summed E-state index contributed by atoms with van der Waals surface area (Å²) in [6, 6.07) is 0. The Hall–Kier alpha value is -0.110. The topological polar surface area (TPSA) is 26.0 Å². The van der Waals surface area contributed by atoms with Crippen LogP contribution in [-0.2, 0) is 0 Å². The molecule has 0 radical (unpaired) electrons. The summed E-state index contributed by atoms with van der Waals surface area (Å²) < 4.78 is 14.5. The monoisotopic (exact) mass is 197 g/mol. The highest BCUT2D eigenvalue weighted by atomic mass is 19.1. The molecule has 4 saturated carbocycles. The van der Waals surface area contributed by atoms with E-state index >= 15 is 0 Å². The molecule has 4 fully saturated rings. The molecule has 0 aliphatic heterocycles. The van der Waals surface area contributed by atoms with Gasteiger partial charge in [0.2, 0.25) is 0 Å². The Balaban J connectivity index is 2.08. The summed E-state index contributed by atoms with van der Waals surface area (Å²) in [7, 11) is 0. The fraction of sp³-hybridized carbons (Fsp3) is 1.00. The van der Waals surface area contributed by atoms with Crippen LogP contribution in [0, 0.1) is 10.8 Å². The molecule has 0 aromatic rings. The van der Waals surface area contributed by atoms with Crippen molar-refractivity contribution in [1.29, 1.82) is 0 Å². The molecule has 4 bridgehead atoms. The molecule has 1 nitrogen and oxygen atoms in total. The van der Waals surface area contributed by atoms with E-state index in [1.807, 2.05) is 0 Å². The Morgan fingerprint density at radius 3 is 1.71 bits per heavy atom.